The Kier molecular flexibility index (Phi) is 2.89. The summed E-state index contributed by atoms with van der Waals surface area (Å²) in [5.74, 6) is -1.01. The number of halogens is 3. The Morgan fingerprint density at radius 1 is 1.37 bits per heavy atom. The van der Waals surface area contributed by atoms with E-state index in [4.69, 9.17) is 0 Å². The van der Waals surface area contributed by atoms with Gasteiger partial charge in [-0.1, -0.05) is 0 Å². The van der Waals surface area contributed by atoms with E-state index in [9.17, 15) is 13.2 Å². The fourth-order valence-corrected chi connectivity index (χ4v) is 2.34. The molecular formula is C11H12F3N5. The molecule has 3 rings (SSSR count). The monoisotopic (exact) mass is 271 g/mol. The van der Waals surface area contributed by atoms with Gasteiger partial charge in [-0.2, -0.15) is 18.2 Å². The van der Waals surface area contributed by atoms with E-state index in [2.05, 4.69) is 20.4 Å². The summed E-state index contributed by atoms with van der Waals surface area (Å²) in [5.41, 5.74) is 0.722. The average molecular weight is 271 g/mol. The maximum Gasteiger partial charge on any atom is 0.453 e. The van der Waals surface area contributed by atoms with E-state index in [1.165, 1.54) is 10.7 Å². The van der Waals surface area contributed by atoms with E-state index in [0.29, 0.717) is 0 Å². The number of aromatic nitrogens is 4. The molecular weight excluding hydrogens is 259 g/mol. The molecule has 0 aliphatic carbocycles. The standard InChI is InChI=1S/C11H12F3N5/c12-11(13,14)9-17-10-16-5-3-8(19(10)18-9)7-2-1-4-15-6-7/h3,5,7,15H,1-2,4,6H2/t7-/m0/s1. The van der Waals surface area contributed by atoms with E-state index in [1.54, 1.807) is 6.07 Å². The second-order valence-corrected chi connectivity index (χ2v) is 4.56. The number of alkyl halides is 3. The van der Waals surface area contributed by atoms with Gasteiger partial charge < -0.3 is 5.32 Å². The molecule has 1 fully saturated rings. The third-order valence-electron chi connectivity index (χ3n) is 3.24. The molecule has 1 N–H and O–H groups in total. The second kappa shape index (κ2) is 4.44. The van der Waals surface area contributed by atoms with Crippen LogP contribution in [0.2, 0.25) is 0 Å². The molecule has 8 heteroatoms. The van der Waals surface area contributed by atoms with Gasteiger partial charge in [0, 0.05) is 18.7 Å². The van der Waals surface area contributed by atoms with Gasteiger partial charge in [-0.25, -0.2) is 9.50 Å². The molecule has 5 nitrogen and oxygen atoms in total. The molecule has 2 aromatic heterocycles. The van der Waals surface area contributed by atoms with Crippen LogP contribution in [0.25, 0.3) is 5.78 Å². The lowest BCUT2D eigenvalue weighted by Crippen LogP contribution is -2.29. The Morgan fingerprint density at radius 3 is 2.89 bits per heavy atom. The number of nitrogens with zero attached hydrogens (tertiary/aromatic N) is 4. The highest BCUT2D eigenvalue weighted by atomic mass is 19.4. The minimum Gasteiger partial charge on any atom is -0.316 e. The fraction of sp³-hybridized carbons (Fsp3) is 0.545. The fourth-order valence-electron chi connectivity index (χ4n) is 2.34. The minimum absolute atomic E-state index is 0.00426. The molecule has 0 radical (unpaired) electrons. The molecule has 2 aromatic rings. The molecule has 3 heterocycles. The van der Waals surface area contributed by atoms with Gasteiger partial charge >= 0.3 is 6.18 Å². The predicted octanol–water partition coefficient (Wildman–Crippen LogP) is 1.61. The van der Waals surface area contributed by atoms with Crippen molar-refractivity contribution in [3.8, 4) is 0 Å². The van der Waals surface area contributed by atoms with E-state index in [0.717, 1.165) is 31.6 Å². The summed E-state index contributed by atoms with van der Waals surface area (Å²) in [7, 11) is 0. The van der Waals surface area contributed by atoms with Gasteiger partial charge in [-0.3, -0.25) is 0 Å². The van der Waals surface area contributed by atoms with Crippen molar-refractivity contribution in [2.45, 2.75) is 24.9 Å². The van der Waals surface area contributed by atoms with Crippen LogP contribution in [0.4, 0.5) is 13.2 Å². The Morgan fingerprint density at radius 2 is 2.21 bits per heavy atom. The van der Waals surface area contributed by atoms with Crippen LogP contribution >= 0.6 is 0 Å². The van der Waals surface area contributed by atoms with Crippen LogP contribution in [0.1, 0.15) is 30.3 Å². The van der Waals surface area contributed by atoms with Crippen molar-refractivity contribution in [1.82, 2.24) is 24.9 Å². The SMILES string of the molecule is FC(F)(F)c1nc2nccc([C@H]3CCCNC3)n2n1. The van der Waals surface area contributed by atoms with Gasteiger partial charge in [-0.15, -0.1) is 5.10 Å². The third-order valence-corrected chi connectivity index (χ3v) is 3.24. The van der Waals surface area contributed by atoms with Gasteiger partial charge in [-0.05, 0) is 25.5 Å². The van der Waals surface area contributed by atoms with Gasteiger partial charge in [0.2, 0.25) is 0 Å². The highest BCUT2D eigenvalue weighted by molar-refractivity contribution is 5.30. The molecule has 0 aromatic carbocycles. The normalized spacial score (nSPS) is 20.9. The van der Waals surface area contributed by atoms with Gasteiger partial charge in [0.1, 0.15) is 0 Å². The molecule has 1 aliphatic heterocycles. The quantitative estimate of drug-likeness (QED) is 0.856. The maximum absolute atomic E-state index is 12.6. The van der Waals surface area contributed by atoms with E-state index in [1.807, 2.05) is 0 Å². The second-order valence-electron chi connectivity index (χ2n) is 4.56. The molecule has 0 unspecified atom stereocenters. The van der Waals surface area contributed by atoms with Crippen LogP contribution in [-0.2, 0) is 6.18 Å². The van der Waals surface area contributed by atoms with E-state index in [-0.39, 0.29) is 11.7 Å². The molecule has 19 heavy (non-hydrogen) atoms. The maximum atomic E-state index is 12.6. The van der Waals surface area contributed by atoms with E-state index < -0.39 is 12.0 Å². The zero-order valence-corrected chi connectivity index (χ0v) is 9.98. The number of fused-ring (bicyclic) bond motifs is 1. The zero-order chi connectivity index (χ0) is 13.5. The van der Waals surface area contributed by atoms with Crippen LogP contribution in [0.3, 0.4) is 0 Å². The Labute approximate surface area is 106 Å². The first kappa shape index (κ1) is 12.3. The van der Waals surface area contributed by atoms with Crippen molar-refractivity contribution in [2.75, 3.05) is 13.1 Å². The molecule has 0 spiro atoms. The predicted molar refractivity (Wildman–Crippen MR) is 60.6 cm³/mol. The molecule has 1 aliphatic rings. The molecule has 0 amide bonds. The first-order valence-corrected chi connectivity index (χ1v) is 6.05. The zero-order valence-electron chi connectivity index (χ0n) is 9.98. The van der Waals surface area contributed by atoms with Gasteiger partial charge in [0.15, 0.2) is 0 Å². The average Bonchev–Trinajstić information content (AvgIpc) is 2.83. The minimum atomic E-state index is -4.55. The number of rotatable bonds is 1. The number of hydrogen-bond donors (Lipinski definition) is 1. The lowest BCUT2D eigenvalue weighted by Gasteiger charge is -2.22. The summed E-state index contributed by atoms with van der Waals surface area (Å²) in [4.78, 5) is 7.27. The molecule has 102 valence electrons. The Hall–Kier alpha value is -1.70. The van der Waals surface area contributed by atoms with Crippen molar-refractivity contribution in [1.29, 1.82) is 0 Å². The van der Waals surface area contributed by atoms with Crippen LogP contribution in [0.15, 0.2) is 12.3 Å². The lowest BCUT2D eigenvalue weighted by molar-refractivity contribution is -0.144. The summed E-state index contributed by atoms with van der Waals surface area (Å²) in [6.45, 7) is 1.68. The van der Waals surface area contributed by atoms with Crippen LogP contribution in [0, 0.1) is 0 Å². The molecule has 1 atom stereocenters. The summed E-state index contributed by atoms with van der Waals surface area (Å²) in [6.07, 6.45) is -1.15. The molecule has 0 bridgehead atoms. The highest BCUT2D eigenvalue weighted by Gasteiger charge is 2.37. The van der Waals surface area contributed by atoms with Gasteiger partial charge in [0.05, 0.1) is 5.69 Å². The topological polar surface area (TPSA) is 55.1 Å². The summed E-state index contributed by atoms with van der Waals surface area (Å²) < 4.78 is 39.1. The number of piperidine rings is 1. The number of nitrogens with one attached hydrogen (secondary N) is 1. The van der Waals surface area contributed by atoms with Crippen molar-refractivity contribution in [3.05, 3.63) is 23.8 Å². The first-order valence-electron chi connectivity index (χ1n) is 6.05. The first-order chi connectivity index (χ1) is 9.05. The van der Waals surface area contributed by atoms with Crippen LogP contribution < -0.4 is 5.32 Å². The number of hydrogen-bond acceptors (Lipinski definition) is 4. The highest BCUT2D eigenvalue weighted by Crippen LogP contribution is 2.28. The van der Waals surface area contributed by atoms with Crippen LogP contribution in [-0.4, -0.2) is 32.7 Å². The Bertz CT molecular complexity index is 586. The van der Waals surface area contributed by atoms with Crippen molar-refractivity contribution >= 4 is 5.78 Å². The molecule has 1 saturated heterocycles. The van der Waals surface area contributed by atoms with Crippen LogP contribution in [0.5, 0.6) is 0 Å². The molecule has 0 saturated carbocycles. The third kappa shape index (κ3) is 2.27. The largest absolute Gasteiger partial charge is 0.453 e. The summed E-state index contributed by atoms with van der Waals surface area (Å²) >= 11 is 0. The van der Waals surface area contributed by atoms with Crippen molar-refractivity contribution < 1.29 is 13.2 Å². The summed E-state index contributed by atoms with van der Waals surface area (Å²) in [6, 6.07) is 1.71. The summed E-state index contributed by atoms with van der Waals surface area (Å²) in [5, 5.41) is 6.78. The smallest absolute Gasteiger partial charge is 0.316 e. The van der Waals surface area contributed by atoms with E-state index >= 15 is 0 Å². The lowest BCUT2D eigenvalue weighted by atomic mass is 9.96. The van der Waals surface area contributed by atoms with Crippen molar-refractivity contribution in [2.24, 2.45) is 0 Å². The van der Waals surface area contributed by atoms with Crippen molar-refractivity contribution in [3.63, 3.8) is 0 Å². The van der Waals surface area contributed by atoms with Gasteiger partial charge in [0.25, 0.3) is 11.6 Å². The Balaban J connectivity index is 2.07.